The predicted octanol–water partition coefficient (Wildman–Crippen LogP) is 2.79. The van der Waals surface area contributed by atoms with E-state index in [1.54, 1.807) is 0 Å². The molecule has 116 valence electrons. The molecule has 0 amide bonds. The Bertz CT molecular complexity index is 482. The standard InChI is InChI=1S/C17H27N3O/c1-20(10-14-7-12-2-3-13(14)6-12)11-17-8-16(19-21-17)9-18-15-4-5-15/h8,12-15,18H,2-7,9-11H2,1H3. The van der Waals surface area contributed by atoms with E-state index in [4.69, 9.17) is 4.52 Å². The highest BCUT2D eigenvalue weighted by Gasteiger charge is 2.39. The maximum Gasteiger partial charge on any atom is 0.151 e. The average Bonchev–Trinajstić information content (AvgIpc) is 2.86. The van der Waals surface area contributed by atoms with Gasteiger partial charge in [0, 0.05) is 25.2 Å². The van der Waals surface area contributed by atoms with Gasteiger partial charge in [-0.15, -0.1) is 0 Å². The molecular formula is C17H27N3O. The van der Waals surface area contributed by atoms with Gasteiger partial charge in [0.15, 0.2) is 5.76 Å². The number of nitrogens with zero attached hydrogens (tertiary/aromatic N) is 2. The Kier molecular flexibility index (Phi) is 3.76. The molecule has 1 N–H and O–H groups in total. The number of aromatic nitrogens is 1. The third-order valence-corrected chi connectivity index (χ3v) is 5.61. The smallest absolute Gasteiger partial charge is 0.151 e. The van der Waals surface area contributed by atoms with E-state index in [9.17, 15) is 0 Å². The molecule has 0 radical (unpaired) electrons. The Hall–Kier alpha value is -0.870. The summed E-state index contributed by atoms with van der Waals surface area (Å²) in [5, 5.41) is 7.66. The summed E-state index contributed by atoms with van der Waals surface area (Å²) >= 11 is 0. The molecule has 1 heterocycles. The van der Waals surface area contributed by atoms with Crippen molar-refractivity contribution in [1.29, 1.82) is 0 Å². The molecule has 2 bridgehead atoms. The van der Waals surface area contributed by atoms with Crippen LogP contribution in [0.2, 0.25) is 0 Å². The van der Waals surface area contributed by atoms with E-state index < -0.39 is 0 Å². The monoisotopic (exact) mass is 289 g/mol. The van der Waals surface area contributed by atoms with Crippen LogP contribution in [0.3, 0.4) is 0 Å². The zero-order chi connectivity index (χ0) is 14.2. The highest BCUT2D eigenvalue weighted by atomic mass is 16.5. The summed E-state index contributed by atoms with van der Waals surface area (Å²) in [5.74, 6) is 3.98. The van der Waals surface area contributed by atoms with E-state index in [-0.39, 0.29) is 0 Å². The average molecular weight is 289 g/mol. The molecule has 4 rings (SSSR count). The van der Waals surface area contributed by atoms with Crippen LogP contribution in [-0.4, -0.2) is 29.7 Å². The van der Waals surface area contributed by atoms with Gasteiger partial charge in [-0.1, -0.05) is 11.6 Å². The van der Waals surface area contributed by atoms with Crippen LogP contribution in [0, 0.1) is 17.8 Å². The lowest BCUT2D eigenvalue weighted by molar-refractivity contribution is 0.198. The van der Waals surface area contributed by atoms with Crippen molar-refractivity contribution in [2.24, 2.45) is 17.8 Å². The molecule has 0 aliphatic heterocycles. The fourth-order valence-corrected chi connectivity index (χ4v) is 4.38. The Morgan fingerprint density at radius 3 is 2.90 bits per heavy atom. The van der Waals surface area contributed by atoms with Crippen molar-refractivity contribution in [3.63, 3.8) is 0 Å². The molecule has 21 heavy (non-hydrogen) atoms. The van der Waals surface area contributed by atoms with Crippen LogP contribution in [0.4, 0.5) is 0 Å². The fourth-order valence-electron chi connectivity index (χ4n) is 4.38. The van der Waals surface area contributed by atoms with Crippen LogP contribution in [0.15, 0.2) is 10.6 Å². The zero-order valence-electron chi connectivity index (χ0n) is 13.1. The van der Waals surface area contributed by atoms with Crippen LogP contribution >= 0.6 is 0 Å². The summed E-state index contributed by atoms with van der Waals surface area (Å²) in [6.45, 7) is 2.96. The van der Waals surface area contributed by atoms with E-state index in [2.05, 4.69) is 28.5 Å². The van der Waals surface area contributed by atoms with Gasteiger partial charge in [0.2, 0.25) is 0 Å². The van der Waals surface area contributed by atoms with Crippen molar-refractivity contribution in [2.45, 2.75) is 57.7 Å². The molecule has 4 heteroatoms. The van der Waals surface area contributed by atoms with E-state index in [0.717, 1.165) is 48.3 Å². The number of hydrogen-bond acceptors (Lipinski definition) is 4. The topological polar surface area (TPSA) is 41.3 Å². The third-order valence-electron chi connectivity index (χ3n) is 5.61. The highest BCUT2D eigenvalue weighted by molar-refractivity contribution is 5.06. The first-order chi connectivity index (χ1) is 10.3. The molecule has 3 saturated carbocycles. The molecule has 4 nitrogen and oxygen atoms in total. The molecule has 3 aliphatic rings. The first-order valence-electron chi connectivity index (χ1n) is 8.62. The lowest BCUT2D eigenvalue weighted by Crippen LogP contribution is -2.28. The van der Waals surface area contributed by atoms with E-state index in [1.165, 1.54) is 45.1 Å². The van der Waals surface area contributed by atoms with Crippen molar-refractivity contribution in [1.82, 2.24) is 15.4 Å². The summed E-state index contributed by atoms with van der Waals surface area (Å²) in [5.41, 5.74) is 1.05. The number of rotatable bonds is 7. The van der Waals surface area contributed by atoms with Gasteiger partial charge in [-0.3, -0.25) is 4.90 Å². The second kappa shape index (κ2) is 5.73. The van der Waals surface area contributed by atoms with Gasteiger partial charge >= 0.3 is 0 Å². The van der Waals surface area contributed by atoms with Gasteiger partial charge in [-0.05, 0) is 56.9 Å². The van der Waals surface area contributed by atoms with E-state index in [1.807, 2.05) is 0 Å². The van der Waals surface area contributed by atoms with E-state index >= 15 is 0 Å². The molecule has 1 aromatic heterocycles. The van der Waals surface area contributed by atoms with Gasteiger partial charge in [0.1, 0.15) is 0 Å². The first-order valence-corrected chi connectivity index (χ1v) is 8.62. The lowest BCUT2D eigenvalue weighted by atomic mass is 9.88. The van der Waals surface area contributed by atoms with Crippen LogP contribution in [0.5, 0.6) is 0 Å². The molecule has 1 aromatic rings. The maximum absolute atomic E-state index is 5.48. The molecule has 0 spiro atoms. The van der Waals surface area contributed by atoms with Crippen molar-refractivity contribution >= 4 is 0 Å². The molecule has 3 aliphatic carbocycles. The molecule has 0 saturated heterocycles. The maximum atomic E-state index is 5.48. The van der Waals surface area contributed by atoms with Crippen LogP contribution < -0.4 is 5.32 Å². The lowest BCUT2D eigenvalue weighted by Gasteiger charge is -2.26. The largest absolute Gasteiger partial charge is 0.360 e. The van der Waals surface area contributed by atoms with Gasteiger partial charge in [0.05, 0.1) is 12.2 Å². The minimum atomic E-state index is 0.727. The summed E-state index contributed by atoms with van der Waals surface area (Å²) in [4.78, 5) is 2.42. The number of nitrogens with one attached hydrogen (secondary N) is 1. The van der Waals surface area contributed by atoms with E-state index in [0.29, 0.717) is 0 Å². The van der Waals surface area contributed by atoms with Gasteiger partial charge in [-0.2, -0.15) is 0 Å². The minimum Gasteiger partial charge on any atom is -0.360 e. The highest BCUT2D eigenvalue weighted by Crippen LogP contribution is 2.48. The second-order valence-corrected chi connectivity index (χ2v) is 7.57. The minimum absolute atomic E-state index is 0.727. The van der Waals surface area contributed by atoms with Crippen molar-refractivity contribution in [3.8, 4) is 0 Å². The Morgan fingerprint density at radius 2 is 2.19 bits per heavy atom. The molecule has 3 atom stereocenters. The quantitative estimate of drug-likeness (QED) is 0.838. The predicted molar refractivity (Wildman–Crippen MR) is 81.6 cm³/mol. The summed E-state index contributed by atoms with van der Waals surface area (Å²) in [7, 11) is 2.22. The van der Waals surface area contributed by atoms with Gasteiger partial charge < -0.3 is 9.84 Å². The molecular weight excluding hydrogens is 262 g/mol. The second-order valence-electron chi connectivity index (χ2n) is 7.57. The Morgan fingerprint density at radius 1 is 1.29 bits per heavy atom. The Labute approximate surface area is 127 Å². The summed E-state index contributed by atoms with van der Waals surface area (Å²) in [6.07, 6.45) is 8.56. The third kappa shape index (κ3) is 3.32. The van der Waals surface area contributed by atoms with Crippen molar-refractivity contribution in [2.75, 3.05) is 13.6 Å². The number of hydrogen-bond donors (Lipinski definition) is 1. The van der Waals surface area contributed by atoms with Crippen molar-refractivity contribution in [3.05, 3.63) is 17.5 Å². The first kappa shape index (κ1) is 13.8. The number of fused-ring (bicyclic) bond motifs is 2. The van der Waals surface area contributed by atoms with Crippen LogP contribution in [0.25, 0.3) is 0 Å². The van der Waals surface area contributed by atoms with Crippen molar-refractivity contribution < 1.29 is 4.52 Å². The molecule has 3 unspecified atom stereocenters. The van der Waals surface area contributed by atoms with Gasteiger partial charge in [0.25, 0.3) is 0 Å². The fraction of sp³-hybridized carbons (Fsp3) is 0.824. The van der Waals surface area contributed by atoms with Crippen LogP contribution in [-0.2, 0) is 13.1 Å². The normalized spacial score (nSPS) is 31.4. The zero-order valence-corrected chi connectivity index (χ0v) is 13.1. The SMILES string of the molecule is CN(Cc1cc(CNC2CC2)no1)CC1CC2CCC1C2. The Balaban J connectivity index is 1.25. The van der Waals surface area contributed by atoms with Crippen LogP contribution in [0.1, 0.15) is 50.0 Å². The van der Waals surface area contributed by atoms with Gasteiger partial charge in [-0.25, -0.2) is 0 Å². The summed E-state index contributed by atoms with van der Waals surface area (Å²) < 4.78 is 5.48. The molecule has 0 aromatic carbocycles. The molecule has 3 fully saturated rings. The summed E-state index contributed by atoms with van der Waals surface area (Å²) in [6, 6.07) is 2.85.